The molecule has 1 saturated carbocycles. The number of hydrogen-bond donors (Lipinski definition) is 2. The van der Waals surface area contributed by atoms with Crippen molar-refractivity contribution >= 4 is 45.8 Å². The number of carbonyl (C=O) groups excluding carboxylic acids is 1. The monoisotopic (exact) mass is 404 g/mol. The highest BCUT2D eigenvalue weighted by atomic mass is 127. The van der Waals surface area contributed by atoms with Gasteiger partial charge in [0.15, 0.2) is 0 Å². The quantitative estimate of drug-likeness (QED) is 0.736. The molecule has 0 spiro atoms. The maximum atomic E-state index is 12.4. The molecule has 3 atom stereocenters. The molecule has 1 aromatic carbocycles. The minimum Gasteiger partial charge on any atom is -0.324 e. The van der Waals surface area contributed by atoms with E-state index in [2.05, 4.69) is 33.2 Å². The number of carbonyl (C=O) groups is 1. The van der Waals surface area contributed by atoms with Crippen molar-refractivity contribution in [1.82, 2.24) is 5.32 Å². The lowest BCUT2D eigenvalue weighted by atomic mass is 9.85. The number of rotatable bonds is 2. The average molecular weight is 405 g/mol. The van der Waals surface area contributed by atoms with E-state index in [-0.39, 0.29) is 11.9 Å². The summed E-state index contributed by atoms with van der Waals surface area (Å²) in [4.78, 5) is 12.4. The van der Waals surface area contributed by atoms with Gasteiger partial charge in [0.25, 0.3) is 0 Å². The zero-order valence-corrected chi connectivity index (χ0v) is 14.1. The normalized spacial score (nSPS) is 29.0. The highest BCUT2D eigenvalue weighted by Crippen LogP contribution is 2.33. The van der Waals surface area contributed by atoms with Crippen LogP contribution in [0.15, 0.2) is 18.2 Å². The van der Waals surface area contributed by atoms with Crippen molar-refractivity contribution in [3.8, 4) is 0 Å². The second kappa shape index (κ2) is 6.20. The number of fused-ring (bicyclic) bond motifs is 1. The molecule has 5 heteroatoms. The van der Waals surface area contributed by atoms with Crippen LogP contribution in [0.25, 0.3) is 0 Å². The van der Waals surface area contributed by atoms with E-state index in [1.807, 2.05) is 12.1 Å². The Balaban J connectivity index is 1.65. The molecule has 3 nitrogen and oxygen atoms in total. The lowest BCUT2D eigenvalue weighted by Crippen LogP contribution is -2.40. The summed E-state index contributed by atoms with van der Waals surface area (Å²) in [5.74, 6) is 0.767. The molecule has 1 heterocycles. The molecule has 2 N–H and O–H groups in total. The van der Waals surface area contributed by atoms with Crippen molar-refractivity contribution < 1.29 is 4.79 Å². The number of amides is 1. The molecule has 3 rings (SSSR count). The van der Waals surface area contributed by atoms with Gasteiger partial charge in [-0.05, 0) is 66.0 Å². The van der Waals surface area contributed by atoms with Gasteiger partial charge in [0.2, 0.25) is 5.91 Å². The minimum atomic E-state index is -0.0467. The second-order valence-electron chi connectivity index (χ2n) is 5.72. The fraction of sp³-hybridized carbons (Fsp3) is 0.533. The van der Waals surface area contributed by atoms with Crippen LogP contribution in [0.2, 0.25) is 5.02 Å². The first-order chi connectivity index (χ1) is 9.63. The number of benzene rings is 1. The van der Waals surface area contributed by atoms with Crippen molar-refractivity contribution in [3.05, 3.63) is 26.8 Å². The maximum Gasteiger partial charge on any atom is 0.241 e. The average Bonchev–Trinajstić information content (AvgIpc) is 2.86. The predicted octanol–water partition coefficient (Wildman–Crippen LogP) is 3.80. The Kier molecular flexibility index (Phi) is 4.52. The largest absolute Gasteiger partial charge is 0.324 e. The summed E-state index contributed by atoms with van der Waals surface area (Å²) in [5.41, 5.74) is 0.844. The molecule has 20 heavy (non-hydrogen) atoms. The van der Waals surface area contributed by atoms with Crippen LogP contribution in [-0.4, -0.2) is 18.0 Å². The third-order valence-corrected chi connectivity index (χ3v) is 5.50. The molecule has 0 aromatic heterocycles. The minimum absolute atomic E-state index is 0.0467. The molecule has 2 aliphatic rings. The molecule has 1 saturated heterocycles. The van der Waals surface area contributed by atoms with Crippen molar-refractivity contribution in [1.29, 1.82) is 0 Å². The van der Waals surface area contributed by atoms with E-state index in [1.165, 1.54) is 25.7 Å². The summed E-state index contributed by atoms with van der Waals surface area (Å²) in [6.07, 6.45) is 6.05. The van der Waals surface area contributed by atoms with Gasteiger partial charge >= 0.3 is 0 Å². The summed E-state index contributed by atoms with van der Waals surface area (Å²) in [6.45, 7) is 0. The Morgan fingerprint density at radius 1 is 1.35 bits per heavy atom. The molecule has 108 valence electrons. The van der Waals surface area contributed by atoms with Crippen LogP contribution in [0, 0.1) is 9.49 Å². The van der Waals surface area contributed by atoms with E-state index < -0.39 is 0 Å². The number of hydrogen-bond acceptors (Lipinski definition) is 2. The molecular weight excluding hydrogens is 387 g/mol. The van der Waals surface area contributed by atoms with Crippen molar-refractivity contribution in [3.63, 3.8) is 0 Å². The molecule has 2 fully saturated rings. The van der Waals surface area contributed by atoms with Crippen LogP contribution in [-0.2, 0) is 4.79 Å². The Morgan fingerprint density at radius 3 is 2.90 bits per heavy atom. The second-order valence-corrected chi connectivity index (χ2v) is 7.32. The van der Waals surface area contributed by atoms with Gasteiger partial charge in [-0.1, -0.05) is 24.4 Å². The lowest BCUT2D eigenvalue weighted by molar-refractivity contribution is -0.117. The smallest absolute Gasteiger partial charge is 0.241 e. The van der Waals surface area contributed by atoms with E-state index in [0.717, 1.165) is 15.7 Å². The molecule has 1 aliphatic carbocycles. The number of nitrogens with one attached hydrogen (secondary N) is 2. The maximum absolute atomic E-state index is 12.4. The van der Waals surface area contributed by atoms with Gasteiger partial charge in [0, 0.05) is 14.6 Å². The third kappa shape index (κ3) is 3.12. The Bertz CT molecular complexity index is 509. The summed E-state index contributed by atoms with van der Waals surface area (Å²) >= 11 is 8.13. The van der Waals surface area contributed by atoms with Crippen LogP contribution >= 0.6 is 34.2 Å². The van der Waals surface area contributed by atoms with E-state index >= 15 is 0 Å². The summed E-state index contributed by atoms with van der Waals surface area (Å²) in [5, 5.41) is 7.22. The van der Waals surface area contributed by atoms with Crippen molar-refractivity contribution in [2.75, 3.05) is 5.32 Å². The van der Waals surface area contributed by atoms with E-state index in [9.17, 15) is 4.79 Å². The first-order valence-electron chi connectivity index (χ1n) is 7.15. The SMILES string of the molecule is O=C(Nc1ccc(Cl)cc1I)C1CC2CCCCC2N1. The van der Waals surface area contributed by atoms with E-state index in [1.54, 1.807) is 6.07 Å². The Labute approximate surface area is 138 Å². The number of anilines is 1. The molecular formula is C15H18ClIN2O. The fourth-order valence-electron chi connectivity index (χ4n) is 3.33. The van der Waals surface area contributed by atoms with Crippen LogP contribution < -0.4 is 10.6 Å². The highest BCUT2D eigenvalue weighted by molar-refractivity contribution is 14.1. The van der Waals surface area contributed by atoms with Gasteiger partial charge in [-0.2, -0.15) is 0 Å². The van der Waals surface area contributed by atoms with Crippen molar-refractivity contribution in [2.24, 2.45) is 5.92 Å². The first kappa shape index (κ1) is 14.6. The third-order valence-electron chi connectivity index (χ3n) is 4.37. The van der Waals surface area contributed by atoms with E-state index in [4.69, 9.17) is 11.6 Å². The Morgan fingerprint density at radius 2 is 2.15 bits per heavy atom. The molecule has 3 unspecified atom stereocenters. The van der Waals surface area contributed by atoms with Gasteiger partial charge in [-0.15, -0.1) is 0 Å². The van der Waals surface area contributed by atoms with Gasteiger partial charge < -0.3 is 10.6 Å². The topological polar surface area (TPSA) is 41.1 Å². The van der Waals surface area contributed by atoms with Gasteiger partial charge in [0.05, 0.1) is 11.7 Å². The van der Waals surface area contributed by atoms with Crippen LogP contribution in [0.4, 0.5) is 5.69 Å². The standard InChI is InChI=1S/C15H18ClIN2O/c16-10-5-6-13(11(17)8-10)19-15(20)14-7-9-3-1-2-4-12(9)18-14/h5-6,8-9,12,14,18H,1-4,7H2,(H,19,20). The first-order valence-corrected chi connectivity index (χ1v) is 8.61. The van der Waals surface area contributed by atoms with Crippen molar-refractivity contribution in [2.45, 2.75) is 44.2 Å². The molecule has 0 bridgehead atoms. The zero-order chi connectivity index (χ0) is 14.1. The fourth-order valence-corrected chi connectivity index (χ4v) is 4.34. The van der Waals surface area contributed by atoms with Gasteiger partial charge in [-0.3, -0.25) is 4.79 Å². The molecule has 1 aromatic rings. The predicted molar refractivity (Wildman–Crippen MR) is 90.1 cm³/mol. The summed E-state index contributed by atoms with van der Waals surface area (Å²) in [6, 6.07) is 6.03. The highest BCUT2D eigenvalue weighted by Gasteiger charge is 2.38. The lowest BCUT2D eigenvalue weighted by Gasteiger charge is -2.24. The summed E-state index contributed by atoms with van der Waals surface area (Å²) < 4.78 is 0.971. The van der Waals surface area contributed by atoms with Crippen LogP contribution in [0.5, 0.6) is 0 Å². The zero-order valence-electron chi connectivity index (χ0n) is 11.2. The van der Waals surface area contributed by atoms with Gasteiger partial charge in [0.1, 0.15) is 0 Å². The van der Waals surface area contributed by atoms with E-state index in [0.29, 0.717) is 17.0 Å². The molecule has 1 amide bonds. The summed E-state index contributed by atoms with van der Waals surface area (Å²) in [7, 11) is 0. The van der Waals surface area contributed by atoms with Gasteiger partial charge in [-0.25, -0.2) is 0 Å². The number of halogens is 2. The van der Waals surface area contributed by atoms with Crippen LogP contribution in [0.3, 0.4) is 0 Å². The molecule has 0 radical (unpaired) electrons. The van der Waals surface area contributed by atoms with Crippen LogP contribution in [0.1, 0.15) is 32.1 Å². The Hall–Kier alpha value is -0.330. The molecule has 1 aliphatic heterocycles.